The first kappa shape index (κ1) is 19.0. The zero-order valence-electron chi connectivity index (χ0n) is 14.4. The van der Waals surface area contributed by atoms with Gasteiger partial charge in [0.1, 0.15) is 17.5 Å². The smallest absolute Gasteiger partial charge is 0.325 e. The Hall–Kier alpha value is -3.35. The molecule has 2 aromatic carbocycles. The van der Waals surface area contributed by atoms with Crippen LogP contribution in [0.25, 0.3) is 0 Å². The SMILES string of the molecule is CC(=O)Oc1ccc(OCC(=O)c2ccccc2N[C@@H](C)C(=O)O)cc1. The fourth-order valence-corrected chi connectivity index (χ4v) is 2.14. The molecule has 0 bridgehead atoms. The largest absolute Gasteiger partial charge is 0.485 e. The number of carbonyl (C=O) groups excluding carboxylic acids is 2. The molecule has 0 amide bonds. The van der Waals surface area contributed by atoms with E-state index in [0.717, 1.165) is 0 Å². The summed E-state index contributed by atoms with van der Waals surface area (Å²) in [4.78, 5) is 34.3. The van der Waals surface area contributed by atoms with Gasteiger partial charge in [-0.05, 0) is 43.3 Å². The van der Waals surface area contributed by atoms with Crippen LogP contribution in [0.1, 0.15) is 24.2 Å². The van der Waals surface area contributed by atoms with Crippen molar-refractivity contribution >= 4 is 23.4 Å². The number of anilines is 1. The van der Waals surface area contributed by atoms with Crippen molar-refractivity contribution in [2.24, 2.45) is 0 Å². The predicted octanol–water partition coefficient (Wildman–Crippen LogP) is 2.76. The van der Waals surface area contributed by atoms with E-state index in [2.05, 4.69) is 5.32 Å². The van der Waals surface area contributed by atoms with Gasteiger partial charge in [0.15, 0.2) is 6.61 Å². The van der Waals surface area contributed by atoms with Gasteiger partial charge in [0.25, 0.3) is 0 Å². The molecule has 7 heteroatoms. The molecule has 2 rings (SSSR count). The van der Waals surface area contributed by atoms with E-state index in [4.69, 9.17) is 14.6 Å². The molecule has 0 spiro atoms. The maximum absolute atomic E-state index is 12.4. The minimum absolute atomic E-state index is 0.215. The first-order valence-corrected chi connectivity index (χ1v) is 7.89. The average Bonchev–Trinajstić information content (AvgIpc) is 2.60. The Kier molecular flexibility index (Phi) is 6.32. The molecule has 0 fully saturated rings. The average molecular weight is 357 g/mol. The maximum Gasteiger partial charge on any atom is 0.325 e. The highest BCUT2D eigenvalue weighted by atomic mass is 16.5. The van der Waals surface area contributed by atoms with Gasteiger partial charge in [-0.25, -0.2) is 0 Å². The molecule has 2 aromatic rings. The summed E-state index contributed by atoms with van der Waals surface area (Å²) in [6.07, 6.45) is 0. The standard InChI is InChI=1S/C19H19NO6/c1-12(19(23)24)20-17-6-4-3-5-16(17)18(22)11-25-14-7-9-15(10-8-14)26-13(2)21/h3-10,12,20H,11H2,1-2H3,(H,23,24)/t12-/m0/s1. The second kappa shape index (κ2) is 8.66. The minimum Gasteiger partial charge on any atom is -0.485 e. The van der Waals surface area contributed by atoms with Gasteiger partial charge >= 0.3 is 11.9 Å². The molecule has 0 heterocycles. The molecule has 0 unspecified atom stereocenters. The molecule has 0 aliphatic heterocycles. The van der Waals surface area contributed by atoms with Crippen LogP contribution >= 0.6 is 0 Å². The summed E-state index contributed by atoms with van der Waals surface area (Å²) in [6, 6.07) is 12.1. The van der Waals surface area contributed by atoms with Gasteiger partial charge in [-0.15, -0.1) is 0 Å². The number of ether oxygens (including phenoxy) is 2. The van der Waals surface area contributed by atoms with Gasteiger partial charge in [-0.1, -0.05) is 12.1 Å². The highest BCUT2D eigenvalue weighted by molar-refractivity contribution is 6.02. The molecule has 0 aliphatic rings. The van der Waals surface area contributed by atoms with Crippen molar-refractivity contribution in [1.29, 1.82) is 0 Å². The normalized spacial score (nSPS) is 11.3. The van der Waals surface area contributed by atoms with Gasteiger partial charge < -0.3 is 19.9 Å². The zero-order chi connectivity index (χ0) is 19.1. The Morgan fingerprint density at radius 3 is 2.27 bits per heavy atom. The van der Waals surface area contributed by atoms with Crippen molar-refractivity contribution < 1.29 is 29.0 Å². The molecule has 136 valence electrons. The van der Waals surface area contributed by atoms with Gasteiger partial charge in [0, 0.05) is 18.2 Å². The quantitative estimate of drug-likeness (QED) is 0.425. The van der Waals surface area contributed by atoms with Crippen molar-refractivity contribution in [2.75, 3.05) is 11.9 Å². The summed E-state index contributed by atoms with van der Waals surface area (Å²) in [7, 11) is 0. The topological polar surface area (TPSA) is 102 Å². The van der Waals surface area contributed by atoms with E-state index in [-0.39, 0.29) is 12.4 Å². The number of ketones is 1. The van der Waals surface area contributed by atoms with Crippen molar-refractivity contribution in [2.45, 2.75) is 19.9 Å². The molecule has 0 aliphatic carbocycles. The summed E-state index contributed by atoms with van der Waals surface area (Å²) in [5.74, 6) is -0.911. The molecule has 26 heavy (non-hydrogen) atoms. The van der Waals surface area contributed by atoms with Gasteiger partial charge in [0.2, 0.25) is 5.78 Å². The molecule has 7 nitrogen and oxygen atoms in total. The van der Waals surface area contributed by atoms with Crippen LogP contribution in [0.2, 0.25) is 0 Å². The number of Topliss-reactive ketones (excluding diaryl/α,β-unsaturated/α-hetero) is 1. The number of carboxylic acid groups (broad SMARTS) is 1. The van der Waals surface area contributed by atoms with Gasteiger partial charge in [-0.3, -0.25) is 14.4 Å². The Bertz CT molecular complexity index is 800. The maximum atomic E-state index is 12.4. The summed E-state index contributed by atoms with van der Waals surface area (Å²) in [5, 5.41) is 11.8. The molecular weight excluding hydrogens is 338 g/mol. The number of hydrogen-bond donors (Lipinski definition) is 2. The van der Waals surface area contributed by atoms with E-state index >= 15 is 0 Å². The Morgan fingerprint density at radius 2 is 1.65 bits per heavy atom. The lowest BCUT2D eigenvalue weighted by atomic mass is 10.1. The van der Waals surface area contributed by atoms with Crippen LogP contribution in [-0.4, -0.2) is 35.5 Å². The van der Waals surface area contributed by atoms with Crippen molar-refractivity contribution in [3.8, 4) is 11.5 Å². The molecular formula is C19H19NO6. The molecule has 0 saturated carbocycles. The third-order valence-corrected chi connectivity index (χ3v) is 3.43. The molecule has 0 saturated heterocycles. The van der Waals surface area contributed by atoms with Crippen LogP contribution in [0.3, 0.4) is 0 Å². The lowest BCUT2D eigenvalue weighted by Crippen LogP contribution is -2.26. The summed E-state index contributed by atoms with van der Waals surface area (Å²) < 4.78 is 10.4. The monoisotopic (exact) mass is 357 g/mol. The first-order chi connectivity index (χ1) is 12.4. The lowest BCUT2D eigenvalue weighted by molar-refractivity contribution is -0.137. The third kappa shape index (κ3) is 5.34. The number of carbonyl (C=O) groups is 3. The molecule has 1 atom stereocenters. The predicted molar refractivity (Wildman–Crippen MR) is 94.7 cm³/mol. The number of hydrogen-bond acceptors (Lipinski definition) is 6. The highest BCUT2D eigenvalue weighted by Gasteiger charge is 2.16. The van der Waals surface area contributed by atoms with E-state index < -0.39 is 18.0 Å². The van der Waals surface area contributed by atoms with Crippen molar-refractivity contribution in [3.05, 3.63) is 54.1 Å². The van der Waals surface area contributed by atoms with Gasteiger partial charge in [0.05, 0.1) is 0 Å². The molecule has 2 N–H and O–H groups in total. The van der Waals surface area contributed by atoms with E-state index in [1.165, 1.54) is 13.8 Å². The van der Waals surface area contributed by atoms with Crippen LogP contribution in [0, 0.1) is 0 Å². The van der Waals surface area contributed by atoms with Crippen LogP contribution in [0.15, 0.2) is 48.5 Å². The van der Waals surface area contributed by atoms with E-state index in [0.29, 0.717) is 22.7 Å². The Balaban J connectivity index is 2.02. The van der Waals surface area contributed by atoms with Gasteiger partial charge in [-0.2, -0.15) is 0 Å². The Morgan fingerprint density at radius 1 is 1.04 bits per heavy atom. The van der Waals surface area contributed by atoms with E-state index in [9.17, 15) is 14.4 Å². The van der Waals surface area contributed by atoms with E-state index in [1.807, 2.05) is 0 Å². The fraction of sp³-hybridized carbons (Fsp3) is 0.211. The van der Waals surface area contributed by atoms with Crippen molar-refractivity contribution in [3.63, 3.8) is 0 Å². The fourth-order valence-electron chi connectivity index (χ4n) is 2.14. The number of rotatable bonds is 8. The number of nitrogens with one attached hydrogen (secondary N) is 1. The van der Waals surface area contributed by atoms with Crippen LogP contribution in [-0.2, 0) is 9.59 Å². The lowest BCUT2D eigenvalue weighted by Gasteiger charge is -2.14. The van der Waals surface area contributed by atoms with E-state index in [1.54, 1.807) is 48.5 Å². The number of aliphatic carboxylic acids is 1. The van der Waals surface area contributed by atoms with Crippen molar-refractivity contribution in [1.82, 2.24) is 0 Å². The zero-order valence-corrected chi connectivity index (χ0v) is 14.4. The molecule has 0 radical (unpaired) electrons. The Labute approximate surface area is 150 Å². The van der Waals surface area contributed by atoms with Crippen LogP contribution in [0.5, 0.6) is 11.5 Å². The minimum atomic E-state index is -1.02. The second-order valence-electron chi connectivity index (χ2n) is 5.53. The highest BCUT2D eigenvalue weighted by Crippen LogP contribution is 2.20. The van der Waals surface area contributed by atoms with Crippen LogP contribution in [0.4, 0.5) is 5.69 Å². The third-order valence-electron chi connectivity index (χ3n) is 3.43. The molecule has 0 aromatic heterocycles. The van der Waals surface area contributed by atoms with Crippen LogP contribution < -0.4 is 14.8 Å². The number of benzene rings is 2. The number of carboxylic acids is 1. The number of para-hydroxylation sites is 1. The summed E-state index contributed by atoms with van der Waals surface area (Å²) in [5.41, 5.74) is 0.776. The first-order valence-electron chi connectivity index (χ1n) is 7.89. The second-order valence-corrected chi connectivity index (χ2v) is 5.53. The summed E-state index contributed by atoms with van der Waals surface area (Å²) in [6.45, 7) is 2.58. The number of esters is 1. The summed E-state index contributed by atoms with van der Waals surface area (Å²) >= 11 is 0.